The lowest BCUT2D eigenvalue weighted by molar-refractivity contribution is -0.399. The third kappa shape index (κ3) is 23.6. The highest BCUT2D eigenvalue weighted by atomic mass is 16.8. The standard InChI is InChI=1S/C71H118N4O54/c1-16(83)72-31-20(87)5-71(70(109)110,129-57(31)35(89)21(88)6-76)113-15-30-39(93)47(101)51(105)67(122-30)124-55-26(11-81)119-63(34(44(55)98)75-19(4)86)128-60-48(102)38(92)24(9-79)117-69(60)127-59-41(95)29(121-68(53(59)107)125-56-27(12-82)118-62(33(43(56)97)74-18(3)85)123-54-25(10-80)114-61(108)32(42(54)96)73-17(2)84)14-112-65-52(106)58(126-66-50(104)46(100)37(91)23(8-78)116-66)40(94)28(120-65)13-111-64-49(103)45(99)36(90)22(7-77)115-64/h20-69,76-82,87-108H,5-15H2,1-4H3,(H,72,83)(H,73,84)(H,74,85)(H,75,86)(H,109,110)/t20-,21+,22+,23+,24+,25+,26+,27+,28+,29+,30+,31+,32+,33+,34+,35+,36+,37+,38+,39-,40+,41+,42+,43+,44+,45-,46-,47-,48-,49-,50-,51+,52-,53-,54+,55+,56+,57+,58-,59-,60-,61+,62-,63?,64?,65?,66?,67?,68?,69?,71?/m0/s1. The SMILES string of the molecule is CC(=O)N[C@@H]1[C@@H](O)[C@H](O[C@@H]2O[C@H](CO)[C@@H](OC3O[C@H](COC4O[C@H](COC5O[C@H](CO)[C@@H](O)[C@H](O)[C@@H]5O)[C@@H](O)[C@H](OC5O[C@H](CO)[C@@H](O)[C@H](O)[C@@H]5O)[C@@H]4O)[C@@H](O)[C@H](OC4O[C@H](CO)[C@@H](O)[C@H](O)[C@@H]4OC4O[C@H](CO)[C@@H](OC5O[C@H](COC6(C(=O)O)C[C@H](O)[C@@H](NC(C)=O)[C@H]([C@H](O)[C@H](O)CO)O6)[C@H](O)[C@H](O)[C@H]5O)[C@H](O)[C@H]4NC(C)=O)[C@@H]3O)[C@H](O)[C@H]2NC(C)=O)[C@@H](CO)O[C@H]1O. The summed E-state index contributed by atoms with van der Waals surface area (Å²) in [7, 11) is 0. The fourth-order valence-corrected chi connectivity index (χ4v) is 16.4. The first kappa shape index (κ1) is 106. The van der Waals surface area contributed by atoms with Gasteiger partial charge < -0.3 is 264 Å². The average molecular weight is 1890 g/mol. The van der Waals surface area contributed by atoms with Crippen LogP contribution in [0.2, 0.25) is 0 Å². The van der Waals surface area contributed by atoms with Gasteiger partial charge in [-0.3, -0.25) is 19.2 Å². The molecule has 10 saturated heterocycles. The Morgan fingerprint density at radius 1 is 0.318 bits per heavy atom. The number of hydrogen-bond acceptors (Lipinski definition) is 53. The number of aliphatic hydroxyl groups is 29. The van der Waals surface area contributed by atoms with Crippen LogP contribution in [0, 0.1) is 0 Å². The highest BCUT2D eigenvalue weighted by molar-refractivity contribution is 5.77. The highest BCUT2D eigenvalue weighted by Crippen LogP contribution is 2.42. The molecular formula is C71H118N4O54. The van der Waals surface area contributed by atoms with E-state index in [1.165, 1.54) is 0 Å². The fourth-order valence-electron chi connectivity index (χ4n) is 16.4. The van der Waals surface area contributed by atoms with Crippen LogP contribution in [-0.2, 0) is 114 Å². The van der Waals surface area contributed by atoms with Crippen molar-refractivity contribution in [2.45, 2.75) is 347 Å². The second kappa shape index (κ2) is 46.1. The van der Waals surface area contributed by atoms with Crippen molar-refractivity contribution in [1.29, 1.82) is 0 Å². The quantitative estimate of drug-likeness (QED) is 0.0280. The van der Waals surface area contributed by atoms with E-state index in [1.54, 1.807) is 0 Å². The number of carboxylic acid groups (broad SMARTS) is 1. The largest absolute Gasteiger partial charge is 0.477 e. The van der Waals surface area contributed by atoms with E-state index < -0.39 is 414 Å². The summed E-state index contributed by atoms with van der Waals surface area (Å²) in [5.41, 5.74) is 0. The van der Waals surface area contributed by atoms with Gasteiger partial charge in [0, 0.05) is 34.1 Å². The number of rotatable bonds is 35. The predicted octanol–water partition coefficient (Wildman–Crippen LogP) is -23.0. The number of hydrogen-bond donors (Lipinski definition) is 34. The zero-order chi connectivity index (χ0) is 95.3. The van der Waals surface area contributed by atoms with E-state index in [-0.39, 0.29) is 0 Å². The molecule has 129 heavy (non-hydrogen) atoms. The van der Waals surface area contributed by atoms with Gasteiger partial charge in [-0.05, 0) is 0 Å². The van der Waals surface area contributed by atoms with Gasteiger partial charge in [0.25, 0.3) is 5.79 Å². The lowest BCUT2D eigenvalue weighted by Crippen LogP contribution is -2.71. The van der Waals surface area contributed by atoms with Crippen molar-refractivity contribution in [3.8, 4) is 0 Å². The number of carbonyl (C=O) groups is 5. The number of carboxylic acids is 1. The molecule has 10 aliphatic rings. The fraction of sp³-hybridized carbons (Fsp3) is 0.930. The Morgan fingerprint density at radius 3 is 1.06 bits per heavy atom. The molecule has 34 N–H and O–H groups in total. The van der Waals surface area contributed by atoms with Crippen LogP contribution >= 0.6 is 0 Å². The van der Waals surface area contributed by atoms with Gasteiger partial charge in [-0.1, -0.05) is 0 Å². The van der Waals surface area contributed by atoms with Crippen molar-refractivity contribution in [2.24, 2.45) is 0 Å². The summed E-state index contributed by atoms with van der Waals surface area (Å²) in [5, 5.41) is 343. The molecule has 0 bridgehead atoms. The maximum Gasteiger partial charge on any atom is 0.364 e. The third-order valence-electron chi connectivity index (χ3n) is 23.4. The first-order chi connectivity index (χ1) is 60.8. The molecule has 8 unspecified atom stereocenters. The van der Waals surface area contributed by atoms with Crippen molar-refractivity contribution in [3.05, 3.63) is 0 Å². The molecule has 0 aromatic rings. The van der Waals surface area contributed by atoms with E-state index in [9.17, 15) is 177 Å². The summed E-state index contributed by atoms with van der Waals surface area (Å²) < 4.78 is 111. The van der Waals surface area contributed by atoms with E-state index in [0.29, 0.717) is 0 Å². The number of amides is 4. The van der Waals surface area contributed by atoms with E-state index in [1.807, 2.05) is 0 Å². The number of carbonyl (C=O) groups excluding carboxylic acids is 4. The molecule has 0 saturated carbocycles. The number of aliphatic carboxylic acids is 1. The summed E-state index contributed by atoms with van der Waals surface area (Å²) in [6.45, 7) is -7.86. The van der Waals surface area contributed by atoms with Crippen LogP contribution in [0.25, 0.3) is 0 Å². The van der Waals surface area contributed by atoms with E-state index in [4.69, 9.17) is 90.0 Å². The van der Waals surface area contributed by atoms with Gasteiger partial charge in [0.05, 0.1) is 78.2 Å². The molecule has 0 radical (unpaired) electrons. The molecule has 10 rings (SSSR count). The summed E-state index contributed by atoms with van der Waals surface area (Å²) in [6, 6.07) is -7.48. The molecule has 746 valence electrons. The minimum atomic E-state index is -3.11. The zero-order valence-corrected chi connectivity index (χ0v) is 68.9. The van der Waals surface area contributed by atoms with Crippen LogP contribution in [0.1, 0.15) is 34.1 Å². The molecular weight excluding hydrogens is 1770 g/mol. The Hall–Kier alpha value is -4.57. The minimum absolute atomic E-state index is 0.815. The Morgan fingerprint density at radius 2 is 0.628 bits per heavy atom. The van der Waals surface area contributed by atoms with E-state index >= 15 is 0 Å². The first-order valence-electron chi connectivity index (χ1n) is 40.8. The van der Waals surface area contributed by atoms with E-state index in [0.717, 1.165) is 27.7 Å². The van der Waals surface area contributed by atoms with Crippen molar-refractivity contribution in [2.75, 3.05) is 66.1 Å². The Kier molecular flexibility index (Phi) is 38.0. The van der Waals surface area contributed by atoms with Gasteiger partial charge in [-0.25, -0.2) is 4.79 Å². The summed E-state index contributed by atoms with van der Waals surface area (Å²) in [4.78, 5) is 63.7. The number of ether oxygens (including phenoxy) is 19. The predicted molar refractivity (Wildman–Crippen MR) is 393 cm³/mol. The number of aliphatic hydroxyl groups excluding tert-OH is 29. The topological polar surface area (TPSA) is 916 Å². The molecule has 10 fully saturated rings. The molecule has 4 amide bonds. The summed E-state index contributed by atoms with van der Waals surface area (Å²) in [6.07, 6.45) is -102. The monoisotopic (exact) mass is 1890 g/mol. The molecule has 0 aliphatic carbocycles. The van der Waals surface area contributed by atoms with Gasteiger partial charge in [0.1, 0.15) is 238 Å². The molecule has 0 aromatic heterocycles. The summed E-state index contributed by atoms with van der Waals surface area (Å²) in [5.74, 6) is -8.88. The number of nitrogens with one attached hydrogen (secondary N) is 4. The van der Waals surface area contributed by atoms with Gasteiger partial charge in [0.15, 0.2) is 56.6 Å². The van der Waals surface area contributed by atoms with Crippen molar-refractivity contribution in [3.63, 3.8) is 0 Å². The molecule has 58 nitrogen and oxygen atoms in total. The first-order valence-corrected chi connectivity index (χ1v) is 40.8. The second-order valence-corrected chi connectivity index (χ2v) is 32.5. The summed E-state index contributed by atoms with van der Waals surface area (Å²) >= 11 is 0. The lowest BCUT2D eigenvalue weighted by Gasteiger charge is -2.51. The van der Waals surface area contributed by atoms with Crippen LogP contribution < -0.4 is 21.3 Å². The van der Waals surface area contributed by atoms with Gasteiger partial charge in [0.2, 0.25) is 23.6 Å². The molecule has 51 atom stereocenters. The molecule has 58 heteroatoms. The molecule has 10 heterocycles. The van der Waals surface area contributed by atoms with Crippen molar-refractivity contribution in [1.82, 2.24) is 21.3 Å². The Balaban J connectivity index is 0.960. The Bertz CT molecular complexity index is 3550. The maximum atomic E-state index is 13.2. The second-order valence-electron chi connectivity index (χ2n) is 32.5. The average Bonchev–Trinajstić information content (AvgIpc) is 1.29. The van der Waals surface area contributed by atoms with Crippen LogP contribution in [0.5, 0.6) is 0 Å². The van der Waals surface area contributed by atoms with Crippen LogP contribution in [0.15, 0.2) is 0 Å². The molecule has 10 aliphatic heterocycles. The van der Waals surface area contributed by atoms with Gasteiger partial charge in [-0.15, -0.1) is 0 Å². The third-order valence-corrected chi connectivity index (χ3v) is 23.4. The van der Waals surface area contributed by atoms with Crippen molar-refractivity contribution < 1.29 is 267 Å². The Labute approximate surface area is 728 Å². The smallest absolute Gasteiger partial charge is 0.364 e. The lowest BCUT2D eigenvalue weighted by atomic mass is 9.88. The highest BCUT2D eigenvalue weighted by Gasteiger charge is 2.63. The van der Waals surface area contributed by atoms with Crippen LogP contribution in [0.4, 0.5) is 0 Å². The van der Waals surface area contributed by atoms with Crippen molar-refractivity contribution >= 4 is 29.6 Å². The van der Waals surface area contributed by atoms with Gasteiger partial charge in [-0.2, -0.15) is 0 Å². The minimum Gasteiger partial charge on any atom is -0.477 e. The molecule has 0 spiro atoms. The van der Waals surface area contributed by atoms with E-state index in [2.05, 4.69) is 21.3 Å². The van der Waals surface area contributed by atoms with Crippen LogP contribution in [0.3, 0.4) is 0 Å². The zero-order valence-electron chi connectivity index (χ0n) is 68.9. The maximum absolute atomic E-state index is 13.2. The van der Waals surface area contributed by atoms with Gasteiger partial charge >= 0.3 is 5.97 Å². The van der Waals surface area contributed by atoms with Crippen LogP contribution in [-0.4, -0.2) is 561 Å². The molecule has 0 aromatic carbocycles. The normalized spacial score (nSPS) is 48.1.